The Balaban J connectivity index is 2.73. The van der Waals surface area contributed by atoms with Gasteiger partial charge >= 0.3 is 0 Å². The van der Waals surface area contributed by atoms with Gasteiger partial charge in [0.1, 0.15) is 0 Å². The lowest BCUT2D eigenvalue weighted by Crippen LogP contribution is -1.94. The topological polar surface area (TPSA) is 0 Å². The van der Waals surface area contributed by atoms with Crippen LogP contribution in [0.4, 0.5) is 0 Å². The third kappa shape index (κ3) is 1.27. The molecule has 41 valence electrons. The first-order valence-electron chi connectivity index (χ1n) is 2.57. The van der Waals surface area contributed by atoms with Crippen LogP contribution >= 0.6 is 12.2 Å². The molecule has 0 saturated carbocycles. The second-order valence-corrected chi connectivity index (χ2v) is 2.42. The molecule has 0 amide bonds. The second kappa shape index (κ2) is 2.23. The van der Waals surface area contributed by atoms with Crippen LogP contribution < -0.4 is 0 Å². The minimum absolute atomic E-state index is 0.921. The Hall–Kier alpha value is -0.430. The number of hydrogen-bond acceptors (Lipinski definition) is 1. The lowest BCUT2D eigenvalue weighted by molar-refractivity contribution is 1.27. The van der Waals surface area contributed by atoms with Gasteiger partial charge in [0.2, 0.25) is 0 Å². The van der Waals surface area contributed by atoms with Crippen LogP contribution in [0.3, 0.4) is 0 Å². The van der Waals surface area contributed by atoms with Crippen molar-refractivity contribution in [1.82, 2.24) is 0 Å². The van der Waals surface area contributed by atoms with Crippen LogP contribution in [0.2, 0.25) is 0 Å². The highest BCUT2D eigenvalue weighted by atomic mass is 32.1. The van der Waals surface area contributed by atoms with E-state index >= 15 is 0 Å². The predicted octanol–water partition coefficient (Wildman–Crippen LogP) is 2.07. The minimum atomic E-state index is 0.921. The second-order valence-electron chi connectivity index (χ2n) is 1.92. The van der Waals surface area contributed by atoms with Gasteiger partial charge in [0, 0.05) is 11.3 Å². The average molecular weight is 123 g/mol. The number of rotatable bonds is 0. The summed E-state index contributed by atoms with van der Waals surface area (Å²) in [5, 5.41) is 0. The molecule has 1 aliphatic carbocycles. The van der Waals surface area contributed by atoms with Gasteiger partial charge in [-0.1, -0.05) is 29.9 Å². The molecule has 1 aliphatic rings. The molecule has 0 aromatic carbocycles. The first-order valence-corrected chi connectivity index (χ1v) is 2.98. The standard InChI is InChI=1S/C7H7S/c1-6-3-2-4-7(8)5-6/h2-3H,5H2,1H3. The van der Waals surface area contributed by atoms with Crippen molar-refractivity contribution in [3.8, 4) is 0 Å². The summed E-state index contributed by atoms with van der Waals surface area (Å²) in [6.45, 7) is 2.07. The molecule has 0 aromatic rings. The molecule has 0 saturated heterocycles. The van der Waals surface area contributed by atoms with E-state index in [9.17, 15) is 0 Å². The molecule has 0 aliphatic heterocycles. The van der Waals surface area contributed by atoms with Gasteiger partial charge in [0.05, 0.1) is 0 Å². The van der Waals surface area contributed by atoms with Crippen LogP contribution in [0.15, 0.2) is 17.7 Å². The molecule has 0 spiro atoms. The van der Waals surface area contributed by atoms with Crippen molar-refractivity contribution in [2.75, 3.05) is 0 Å². The molecule has 0 heterocycles. The summed E-state index contributed by atoms with van der Waals surface area (Å²) >= 11 is 4.90. The molecule has 1 radical (unpaired) electrons. The minimum Gasteiger partial charge on any atom is -0.0839 e. The number of thiocarbonyl (C=S) groups is 1. The Morgan fingerprint density at radius 1 is 1.75 bits per heavy atom. The van der Waals surface area contributed by atoms with Crippen LogP contribution in [0, 0.1) is 6.08 Å². The van der Waals surface area contributed by atoms with E-state index in [1.54, 1.807) is 0 Å². The summed E-state index contributed by atoms with van der Waals surface area (Å²) in [6.07, 6.45) is 7.78. The Morgan fingerprint density at radius 2 is 2.50 bits per heavy atom. The van der Waals surface area contributed by atoms with Crippen molar-refractivity contribution in [3.63, 3.8) is 0 Å². The van der Waals surface area contributed by atoms with E-state index in [4.69, 9.17) is 12.2 Å². The van der Waals surface area contributed by atoms with Crippen LogP contribution in [0.25, 0.3) is 0 Å². The van der Waals surface area contributed by atoms with E-state index < -0.39 is 0 Å². The molecule has 0 aromatic heterocycles. The van der Waals surface area contributed by atoms with Gasteiger partial charge in [0.15, 0.2) is 0 Å². The van der Waals surface area contributed by atoms with Crippen molar-refractivity contribution in [3.05, 3.63) is 23.8 Å². The molecule has 1 heteroatoms. The summed E-state index contributed by atoms with van der Waals surface area (Å²) in [4.78, 5) is 0.921. The van der Waals surface area contributed by atoms with Crippen molar-refractivity contribution in [1.29, 1.82) is 0 Å². The maximum Gasteiger partial charge on any atom is 0.0271 e. The highest BCUT2D eigenvalue weighted by Crippen LogP contribution is 2.07. The Morgan fingerprint density at radius 3 is 2.88 bits per heavy atom. The lowest BCUT2D eigenvalue weighted by atomic mass is 10.1. The zero-order chi connectivity index (χ0) is 5.98. The van der Waals surface area contributed by atoms with E-state index in [1.165, 1.54) is 5.57 Å². The monoisotopic (exact) mass is 123 g/mol. The molecule has 0 bridgehead atoms. The Kier molecular flexibility index (Phi) is 1.59. The van der Waals surface area contributed by atoms with E-state index in [0.717, 1.165) is 11.3 Å². The summed E-state index contributed by atoms with van der Waals surface area (Å²) in [6, 6.07) is 0. The lowest BCUT2D eigenvalue weighted by Gasteiger charge is -2.00. The van der Waals surface area contributed by atoms with E-state index in [-0.39, 0.29) is 0 Å². The average Bonchev–Trinajstić information content (AvgIpc) is 1.64. The SMILES string of the molecule is CC1=CC=[C]C(=S)C1. The van der Waals surface area contributed by atoms with Crippen LogP contribution in [0.1, 0.15) is 13.3 Å². The van der Waals surface area contributed by atoms with E-state index in [0.29, 0.717) is 0 Å². The molecule has 0 N–H and O–H groups in total. The predicted molar refractivity (Wildman–Crippen MR) is 38.8 cm³/mol. The summed E-state index contributed by atoms with van der Waals surface area (Å²) in [5.74, 6) is 0. The summed E-state index contributed by atoms with van der Waals surface area (Å²) in [5.41, 5.74) is 1.33. The van der Waals surface area contributed by atoms with Gasteiger partial charge in [0.25, 0.3) is 0 Å². The van der Waals surface area contributed by atoms with Crippen LogP contribution in [-0.2, 0) is 0 Å². The Bertz CT molecular complexity index is 163. The quantitative estimate of drug-likeness (QED) is 0.444. The van der Waals surface area contributed by atoms with Crippen molar-refractivity contribution in [2.45, 2.75) is 13.3 Å². The maximum absolute atomic E-state index is 4.90. The van der Waals surface area contributed by atoms with E-state index in [2.05, 4.69) is 13.0 Å². The first kappa shape index (κ1) is 5.70. The van der Waals surface area contributed by atoms with Gasteiger partial charge in [-0.2, -0.15) is 0 Å². The fourth-order valence-corrected chi connectivity index (χ4v) is 0.936. The molecule has 0 fully saturated rings. The third-order valence-electron chi connectivity index (χ3n) is 1.05. The zero-order valence-corrected chi connectivity index (χ0v) is 5.59. The van der Waals surface area contributed by atoms with E-state index in [1.807, 2.05) is 12.2 Å². The molecule has 1 rings (SSSR count). The van der Waals surface area contributed by atoms with Gasteiger partial charge in [-0.05, 0) is 13.0 Å². The molecule has 0 nitrogen and oxygen atoms in total. The molecular formula is C7H7S. The normalized spacial score (nSPS) is 18.6. The summed E-state index contributed by atoms with van der Waals surface area (Å²) < 4.78 is 0. The van der Waals surface area contributed by atoms with Gasteiger partial charge < -0.3 is 0 Å². The fraction of sp³-hybridized carbons (Fsp3) is 0.286. The van der Waals surface area contributed by atoms with Crippen molar-refractivity contribution < 1.29 is 0 Å². The maximum atomic E-state index is 4.90. The van der Waals surface area contributed by atoms with Crippen molar-refractivity contribution >= 4 is 17.1 Å². The number of allylic oxidation sites excluding steroid dienone is 4. The zero-order valence-electron chi connectivity index (χ0n) is 4.77. The van der Waals surface area contributed by atoms with Crippen LogP contribution in [0.5, 0.6) is 0 Å². The third-order valence-corrected chi connectivity index (χ3v) is 1.31. The fourth-order valence-electron chi connectivity index (χ4n) is 0.640. The highest BCUT2D eigenvalue weighted by molar-refractivity contribution is 7.80. The highest BCUT2D eigenvalue weighted by Gasteiger charge is 1.96. The summed E-state index contributed by atoms with van der Waals surface area (Å²) in [7, 11) is 0. The van der Waals surface area contributed by atoms with Gasteiger partial charge in [-0.25, -0.2) is 0 Å². The Labute approximate surface area is 54.9 Å². The first-order chi connectivity index (χ1) is 3.79. The largest absolute Gasteiger partial charge is 0.0839 e. The smallest absolute Gasteiger partial charge is 0.0271 e. The van der Waals surface area contributed by atoms with Crippen molar-refractivity contribution in [2.24, 2.45) is 0 Å². The number of hydrogen-bond donors (Lipinski definition) is 0. The van der Waals surface area contributed by atoms with Crippen LogP contribution in [-0.4, -0.2) is 4.86 Å². The molecule has 0 atom stereocenters. The molecular weight excluding hydrogens is 116 g/mol. The van der Waals surface area contributed by atoms with Gasteiger partial charge in [-0.3, -0.25) is 0 Å². The van der Waals surface area contributed by atoms with Gasteiger partial charge in [-0.15, -0.1) is 0 Å². The molecule has 8 heavy (non-hydrogen) atoms. The molecule has 0 unspecified atom stereocenters.